The molecule has 23 heavy (non-hydrogen) atoms. The van der Waals surface area contributed by atoms with Crippen LogP contribution in [0.3, 0.4) is 0 Å². The molecular weight excluding hydrogens is 412 g/mol. The average molecular weight is 435 g/mol. The van der Waals surface area contributed by atoms with Gasteiger partial charge in [0.05, 0.1) is 0 Å². The lowest BCUT2D eigenvalue weighted by Crippen LogP contribution is -2.51. The number of hydrogen-bond donors (Lipinski definition) is 2. The molecule has 1 aromatic rings. The van der Waals surface area contributed by atoms with Gasteiger partial charge in [0.25, 0.3) is 0 Å². The van der Waals surface area contributed by atoms with Crippen molar-refractivity contribution in [1.29, 1.82) is 0 Å². The van der Waals surface area contributed by atoms with E-state index in [1.54, 1.807) is 12.1 Å². The first kappa shape index (κ1) is 19.5. The molecular formula is C15H23FIN5O. The maximum atomic E-state index is 12.9. The summed E-state index contributed by atoms with van der Waals surface area (Å²) in [4.78, 5) is 19.6. The third-order valence-electron chi connectivity index (χ3n) is 3.55. The zero-order valence-corrected chi connectivity index (χ0v) is 15.5. The van der Waals surface area contributed by atoms with Crippen molar-refractivity contribution >= 4 is 41.5 Å². The van der Waals surface area contributed by atoms with Gasteiger partial charge in [-0.15, -0.1) is 24.0 Å². The van der Waals surface area contributed by atoms with Gasteiger partial charge < -0.3 is 20.9 Å². The Morgan fingerprint density at radius 2 is 1.87 bits per heavy atom. The number of carbonyl (C=O) groups excluding carboxylic acids is 1. The Hall–Kier alpha value is -1.58. The van der Waals surface area contributed by atoms with Crippen molar-refractivity contribution < 1.29 is 9.18 Å². The number of halogens is 2. The molecule has 0 atom stereocenters. The van der Waals surface area contributed by atoms with E-state index in [2.05, 4.69) is 15.2 Å². The van der Waals surface area contributed by atoms with E-state index in [0.717, 1.165) is 31.9 Å². The highest BCUT2D eigenvalue weighted by atomic mass is 127. The van der Waals surface area contributed by atoms with Crippen LogP contribution < -0.4 is 16.0 Å². The first-order chi connectivity index (χ1) is 10.6. The number of hydrogen-bond acceptors (Lipinski definition) is 3. The Morgan fingerprint density at radius 3 is 2.43 bits per heavy atom. The highest BCUT2D eigenvalue weighted by Crippen LogP contribution is 2.16. The molecule has 3 N–H and O–H groups in total. The van der Waals surface area contributed by atoms with Crippen LogP contribution in [-0.4, -0.2) is 56.0 Å². The Bertz CT molecular complexity index is 529. The minimum absolute atomic E-state index is 0. The molecule has 128 valence electrons. The summed E-state index contributed by atoms with van der Waals surface area (Å²) in [6.07, 6.45) is 0. The molecule has 0 saturated carbocycles. The summed E-state index contributed by atoms with van der Waals surface area (Å²) in [5.41, 5.74) is 6.92. The van der Waals surface area contributed by atoms with Gasteiger partial charge in [-0.25, -0.2) is 9.38 Å². The van der Waals surface area contributed by atoms with E-state index in [9.17, 15) is 9.18 Å². The molecule has 0 bridgehead atoms. The van der Waals surface area contributed by atoms with Crippen LogP contribution in [0.1, 0.15) is 6.92 Å². The molecule has 1 aliphatic heterocycles. The lowest BCUT2D eigenvalue weighted by atomic mass is 10.2. The summed E-state index contributed by atoms with van der Waals surface area (Å²) in [6, 6.07) is 6.47. The van der Waals surface area contributed by atoms with E-state index in [1.165, 1.54) is 12.1 Å². The highest BCUT2D eigenvalue weighted by molar-refractivity contribution is 14.0. The van der Waals surface area contributed by atoms with Gasteiger partial charge in [-0.05, 0) is 31.2 Å². The standard InChI is InChI=1S/C15H22FN5O.HI/c1-2-18-14(22)11-19-15(17)21-9-7-20(8-10-21)13-5-3-12(16)4-6-13;/h3-6H,2,7-11H2,1H3,(H2,17,19)(H,18,22);1H. The van der Waals surface area contributed by atoms with E-state index in [4.69, 9.17) is 5.73 Å². The molecule has 1 aliphatic rings. The topological polar surface area (TPSA) is 74.0 Å². The fourth-order valence-electron chi connectivity index (χ4n) is 2.35. The van der Waals surface area contributed by atoms with Gasteiger partial charge in [-0.1, -0.05) is 0 Å². The number of piperazine rings is 1. The lowest BCUT2D eigenvalue weighted by Gasteiger charge is -2.36. The molecule has 0 radical (unpaired) electrons. The van der Waals surface area contributed by atoms with Crippen LogP contribution in [0.25, 0.3) is 0 Å². The van der Waals surface area contributed by atoms with Gasteiger partial charge in [-0.3, -0.25) is 4.79 Å². The first-order valence-electron chi connectivity index (χ1n) is 7.42. The molecule has 0 spiro atoms. The van der Waals surface area contributed by atoms with Crippen LogP contribution in [0, 0.1) is 5.82 Å². The minimum atomic E-state index is -0.232. The number of likely N-dealkylation sites (N-methyl/N-ethyl adjacent to an activating group) is 1. The quantitative estimate of drug-likeness (QED) is 0.421. The second-order valence-electron chi connectivity index (χ2n) is 5.08. The predicted octanol–water partition coefficient (Wildman–Crippen LogP) is 1.02. The molecule has 8 heteroatoms. The maximum Gasteiger partial charge on any atom is 0.241 e. The van der Waals surface area contributed by atoms with Crippen LogP contribution in [0.5, 0.6) is 0 Å². The van der Waals surface area contributed by atoms with E-state index >= 15 is 0 Å². The van der Waals surface area contributed by atoms with Gasteiger partial charge in [-0.2, -0.15) is 0 Å². The Balaban J connectivity index is 0.00000264. The number of aliphatic imine (C=N–C) groups is 1. The zero-order chi connectivity index (χ0) is 15.9. The summed E-state index contributed by atoms with van der Waals surface area (Å²) in [5.74, 6) is 0.0320. The molecule has 6 nitrogen and oxygen atoms in total. The normalized spacial score (nSPS) is 15.1. The first-order valence-corrected chi connectivity index (χ1v) is 7.42. The summed E-state index contributed by atoms with van der Waals surface area (Å²) in [7, 11) is 0. The van der Waals surface area contributed by atoms with Crippen LogP contribution >= 0.6 is 24.0 Å². The second-order valence-corrected chi connectivity index (χ2v) is 5.08. The van der Waals surface area contributed by atoms with Gasteiger partial charge in [0.2, 0.25) is 5.91 Å². The number of rotatable bonds is 4. The number of benzene rings is 1. The van der Waals surface area contributed by atoms with Crippen LogP contribution in [0.2, 0.25) is 0 Å². The van der Waals surface area contributed by atoms with E-state index < -0.39 is 0 Å². The van der Waals surface area contributed by atoms with E-state index in [0.29, 0.717) is 12.5 Å². The van der Waals surface area contributed by atoms with Crippen molar-refractivity contribution in [2.75, 3.05) is 44.2 Å². The SMILES string of the molecule is CCNC(=O)CN=C(N)N1CCN(c2ccc(F)cc2)CC1.I. The fraction of sp³-hybridized carbons (Fsp3) is 0.467. The number of nitrogens with one attached hydrogen (secondary N) is 1. The van der Waals surface area contributed by atoms with Crippen LogP contribution in [0.4, 0.5) is 10.1 Å². The zero-order valence-electron chi connectivity index (χ0n) is 13.2. The molecule has 1 heterocycles. The summed E-state index contributed by atoms with van der Waals surface area (Å²) in [5, 5.41) is 2.68. The Morgan fingerprint density at radius 1 is 1.26 bits per heavy atom. The molecule has 2 rings (SSSR count). The lowest BCUT2D eigenvalue weighted by molar-refractivity contribution is -0.119. The van der Waals surface area contributed by atoms with Gasteiger partial charge in [0, 0.05) is 38.4 Å². The summed E-state index contributed by atoms with van der Waals surface area (Å²) in [6.45, 7) is 5.51. The highest BCUT2D eigenvalue weighted by Gasteiger charge is 2.18. The van der Waals surface area contributed by atoms with Crippen LogP contribution in [0.15, 0.2) is 29.3 Å². The number of amides is 1. The Kier molecular flexibility index (Phi) is 8.07. The molecule has 1 aromatic carbocycles. The molecule has 1 fully saturated rings. The predicted molar refractivity (Wildman–Crippen MR) is 101 cm³/mol. The van der Waals surface area contributed by atoms with Crippen molar-refractivity contribution in [3.8, 4) is 0 Å². The fourth-order valence-corrected chi connectivity index (χ4v) is 2.35. The number of nitrogens with two attached hydrogens (primary N) is 1. The summed E-state index contributed by atoms with van der Waals surface area (Å²) < 4.78 is 12.9. The number of anilines is 1. The van der Waals surface area contributed by atoms with Gasteiger partial charge in [0.15, 0.2) is 5.96 Å². The van der Waals surface area contributed by atoms with Crippen molar-refractivity contribution in [1.82, 2.24) is 10.2 Å². The van der Waals surface area contributed by atoms with Gasteiger partial charge >= 0.3 is 0 Å². The van der Waals surface area contributed by atoms with Crippen molar-refractivity contribution in [2.45, 2.75) is 6.92 Å². The molecule has 1 saturated heterocycles. The second kappa shape index (κ2) is 9.53. The molecule has 0 aromatic heterocycles. The molecule has 1 amide bonds. The van der Waals surface area contributed by atoms with Gasteiger partial charge in [0.1, 0.15) is 12.4 Å². The molecule has 0 aliphatic carbocycles. The largest absolute Gasteiger partial charge is 0.370 e. The monoisotopic (exact) mass is 435 g/mol. The smallest absolute Gasteiger partial charge is 0.241 e. The number of nitrogens with zero attached hydrogens (tertiary/aromatic N) is 3. The van der Waals surface area contributed by atoms with E-state index in [1.807, 2.05) is 11.8 Å². The minimum Gasteiger partial charge on any atom is -0.370 e. The van der Waals surface area contributed by atoms with E-state index in [-0.39, 0.29) is 42.2 Å². The third-order valence-corrected chi connectivity index (χ3v) is 3.55. The third kappa shape index (κ3) is 5.85. The summed E-state index contributed by atoms with van der Waals surface area (Å²) >= 11 is 0. The average Bonchev–Trinajstić information content (AvgIpc) is 2.54. The Labute approximate surface area is 152 Å². The number of carbonyl (C=O) groups is 1. The van der Waals surface area contributed by atoms with Crippen molar-refractivity contribution in [3.63, 3.8) is 0 Å². The number of guanidine groups is 1. The van der Waals surface area contributed by atoms with Crippen molar-refractivity contribution in [2.24, 2.45) is 10.7 Å². The molecule has 0 unspecified atom stereocenters. The maximum absolute atomic E-state index is 12.9. The van der Waals surface area contributed by atoms with Crippen LogP contribution in [-0.2, 0) is 4.79 Å². The van der Waals surface area contributed by atoms with Crippen molar-refractivity contribution in [3.05, 3.63) is 30.1 Å².